The monoisotopic (exact) mass is 301 g/mol. The zero-order valence-corrected chi connectivity index (χ0v) is 13.2. The zero-order chi connectivity index (χ0) is 14.2. The van der Waals surface area contributed by atoms with Crippen molar-refractivity contribution in [1.82, 2.24) is 14.3 Å². The highest BCUT2D eigenvalue weighted by atomic mass is 32.2. The highest BCUT2D eigenvalue weighted by Crippen LogP contribution is 2.38. The Labute approximate surface area is 122 Å². The van der Waals surface area contributed by atoms with Crippen LogP contribution in [-0.4, -0.2) is 43.9 Å². The summed E-state index contributed by atoms with van der Waals surface area (Å²) in [5, 5.41) is 3.59. The molecule has 5 nitrogen and oxygen atoms in total. The summed E-state index contributed by atoms with van der Waals surface area (Å²) in [5.41, 5.74) is 0.237. The Morgan fingerprint density at radius 3 is 2.70 bits per heavy atom. The molecule has 0 amide bonds. The summed E-state index contributed by atoms with van der Waals surface area (Å²) in [6.07, 6.45) is 7.66. The molecule has 0 aromatic heterocycles. The standard InChI is InChI=1S/C14H27N3O2S/c1-12-4-2-9-17(11-12)20(18,19)16-13-5-8-15-14(10-13)6-3-7-14/h12-13,15-16H,2-11H2,1H3. The Balaban J connectivity index is 1.60. The van der Waals surface area contributed by atoms with Crippen molar-refractivity contribution in [3.63, 3.8) is 0 Å². The second kappa shape index (κ2) is 5.55. The second-order valence-corrected chi connectivity index (χ2v) is 8.68. The summed E-state index contributed by atoms with van der Waals surface area (Å²) in [6, 6.07) is 0.110. The number of rotatable bonds is 3. The molecule has 2 aliphatic heterocycles. The molecule has 3 aliphatic rings. The van der Waals surface area contributed by atoms with Crippen LogP contribution in [0.4, 0.5) is 0 Å². The largest absolute Gasteiger partial charge is 0.311 e. The van der Waals surface area contributed by atoms with Gasteiger partial charge >= 0.3 is 0 Å². The molecule has 3 fully saturated rings. The molecule has 0 aromatic carbocycles. The van der Waals surface area contributed by atoms with Gasteiger partial charge in [0.25, 0.3) is 10.2 Å². The number of hydrogen-bond acceptors (Lipinski definition) is 3. The van der Waals surface area contributed by atoms with E-state index in [0.717, 1.165) is 32.2 Å². The van der Waals surface area contributed by atoms with Crippen LogP contribution in [0.25, 0.3) is 0 Å². The average Bonchev–Trinajstić information content (AvgIpc) is 2.37. The minimum Gasteiger partial charge on any atom is -0.311 e. The van der Waals surface area contributed by atoms with Crippen molar-refractivity contribution < 1.29 is 8.42 Å². The predicted octanol–water partition coefficient (Wildman–Crippen LogP) is 1.23. The molecule has 1 spiro atoms. The van der Waals surface area contributed by atoms with Gasteiger partial charge in [0.2, 0.25) is 0 Å². The van der Waals surface area contributed by atoms with Gasteiger partial charge in [-0.2, -0.15) is 17.4 Å². The van der Waals surface area contributed by atoms with E-state index in [4.69, 9.17) is 0 Å². The van der Waals surface area contributed by atoms with Crippen LogP contribution in [-0.2, 0) is 10.2 Å². The number of nitrogens with zero attached hydrogens (tertiary/aromatic N) is 1. The van der Waals surface area contributed by atoms with Gasteiger partial charge in [0.05, 0.1) is 0 Å². The number of hydrogen-bond donors (Lipinski definition) is 2. The Morgan fingerprint density at radius 1 is 1.25 bits per heavy atom. The molecule has 3 rings (SSSR count). The van der Waals surface area contributed by atoms with Crippen molar-refractivity contribution in [3.05, 3.63) is 0 Å². The van der Waals surface area contributed by atoms with E-state index >= 15 is 0 Å². The van der Waals surface area contributed by atoms with Crippen LogP contribution in [0.5, 0.6) is 0 Å². The van der Waals surface area contributed by atoms with Gasteiger partial charge in [-0.05, 0) is 57.4 Å². The van der Waals surface area contributed by atoms with E-state index in [1.807, 2.05) is 0 Å². The predicted molar refractivity (Wildman–Crippen MR) is 79.6 cm³/mol. The molecule has 2 N–H and O–H groups in total. The maximum atomic E-state index is 12.5. The fourth-order valence-corrected chi connectivity index (χ4v) is 5.48. The first-order chi connectivity index (χ1) is 9.49. The van der Waals surface area contributed by atoms with Crippen LogP contribution in [0, 0.1) is 5.92 Å². The molecule has 2 saturated heterocycles. The number of nitrogens with one attached hydrogen (secondary N) is 2. The molecule has 116 valence electrons. The smallest absolute Gasteiger partial charge is 0.279 e. The average molecular weight is 301 g/mol. The topological polar surface area (TPSA) is 61.4 Å². The third-order valence-electron chi connectivity index (χ3n) is 5.22. The third kappa shape index (κ3) is 3.03. The van der Waals surface area contributed by atoms with Crippen LogP contribution >= 0.6 is 0 Å². The lowest BCUT2D eigenvalue weighted by atomic mass is 9.70. The van der Waals surface area contributed by atoms with Gasteiger partial charge in [0, 0.05) is 24.7 Å². The van der Waals surface area contributed by atoms with E-state index in [1.54, 1.807) is 4.31 Å². The lowest BCUT2D eigenvalue weighted by molar-refractivity contribution is 0.125. The van der Waals surface area contributed by atoms with Gasteiger partial charge in [-0.25, -0.2) is 0 Å². The first kappa shape index (κ1) is 14.8. The maximum Gasteiger partial charge on any atom is 0.279 e. The van der Waals surface area contributed by atoms with Crippen molar-refractivity contribution in [2.45, 2.75) is 63.5 Å². The van der Waals surface area contributed by atoms with Crippen molar-refractivity contribution in [2.24, 2.45) is 5.92 Å². The second-order valence-electron chi connectivity index (χ2n) is 6.98. The normalized spacial score (nSPS) is 34.9. The van der Waals surface area contributed by atoms with E-state index in [2.05, 4.69) is 17.0 Å². The minimum absolute atomic E-state index is 0.110. The fourth-order valence-electron chi connectivity index (χ4n) is 3.89. The van der Waals surface area contributed by atoms with Crippen LogP contribution in [0.15, 0.2) is 0 Å². The first-order valence-electron chi connectivity index (χ1n) is 8.02. The Kier molecular flexibility index (Phi) is 4.10. The van der Waals surface area contributed by atoms with Gasteiger partial charge in [-0.15, -0.1) is 0 Å². The van der Waals surface area contributed by atoms with Crippen LogP contribution in [0.3, 0.4) is 0 Å². The highest BCUT2D eigenvalue weighted by molar-refractivity contribution is 7.87. The van der Waals surface area contributed by atoms with Crippen LogP contribution < -0.4 is 10.0 Å². The summed E-state index contributed by atoms with van der Waals surface area (Å²) in [6.45, 7) is 4.42. The van der Waals surface area contributed by atoms with E-state index in [1.165, 1.54) is 19.3 Å². The van der Waals surface area contributed by atoms with Gasteiger partial charge in [0.1, 0.15) is 0 Å². The van der Waals surface area contributed by atoms with Crippen molar-refractivity contribution >= 4 is 10.2 Å². The molecule has 1 aliphatic carbocycles. The molecule has 0 aromatic rings. The van der Waals surface area contributed by atoms with Gasteiger partial charge in [-0.1, -0.05) is 6.92 Å². The molecular weight excluding hydrogens is 274 g/mol. The molecule has 2 unspecified atom stereocenters. The SMILES string of the molecule is CC1CCCN(S(=O)(=O)NC2CCNC3(CCC3)C2)C1. The molecular formula is C14H27N3O2S. The van der Waals surface area contributed by atoms with Crippen molar-refractivity contribution in [3.8, 4) is 0 Å². The molecule has 20 heavy (non-hydrogen) atoms. The summed E-state index contributed by atoms with van der Waals surface area (Å²) < 4.78 is 29.6. The summed E-state index contributed by atoms with van der Waals surface area (Å²) in [5.74, 6) is 0.478. The summed E-state index contributed by atoms with van der Waals surface area (Å²) >= 11 is 0. The lowest BCUT2D eigenvalue weighted by Gasteiger charge is -2.48. The summed E-state index contributed by atoms with van der Waals surface area (Å²) in [4.78, 5) is 0. The summed E-state index contributed by atoms with van der Waals surface area (Å²) in [7, 11) is -3.29. The molecule has 1 saturated carbocycles. The Morgan fingerprint density at radius 2 is 2.05 bits per heavy atom. The third-order valence-corrected chi connectivity index (χ3v) is 6.86. The highest BCUT2D eigenvalue weighted by Gasteiger charge is 2.42. The lowest BCUT2D eigenvalue weighted by Crippen LogP contribution is -2.60. The Bertz CT molecular complexity index is 447. The molecule has 2 heterocycles. The van der Waals surface area contributed by atoms with Crippen molar-refractivity contribution in [1.29, 1.82) is 0 Å². The quantitative estimate of drug-likeness (QED) is 0.824. The van der Waals surface area contributed by atoms with Gasteiger partial charge in [-0.3, -0.25) is 0 Å². The van der Waals surface area contributed by atoms with Crippen molar-refractivity contribution in [2.75, 3.05) is 19.6 Å². The molecule has 0 bridgehead atoms. The van der Waals surface area contributed by atoms with Gasteiger partial charge in [0.15, 0.2) is 0 Å². The Hall–Kier alpha value is -0.170. The molecule has 0 radical (unpaired) electrons. The molecule has 6 heteroatoms. The van der Waals surface area contributed by atoms with Gasteiger partial charge < -0.3 is 5.32 Å². The first-order valence-corrected chi connectivity index (χ1v) is 9.46. The van der Waals surface area contributed by atoms with E-state index in [0.29, 0.717) is 19.0 Å². The number of piperidine rings is 2. The maximum absolute atomic E-state index is 12.5. The van der Waals surface area contributed by atoms with E-state index < -0.39 is 10.2 Å². The van der Waals surface area contributed by atoms with Crippen LogP contribution in [0.1, 0.15) is 51.9 Å². The van der Waals surface area contributed by atoms with E-state index in [9.17, 15) is 8.42 Å². The molecule has 2 atom stereocenters. The fraction of sp³-hybridized carbons (Fsp3) is 1.00. The van der Waals surface area contributed by atoms with Crippen LogP contribution in [0.2, 0.25) is 0 Å². The zero-order valence-electron chi connectivity index (χ0n) is 12.4. The minimum atomic E-state index is -3.29. The van der Waals surface area contributed by atoms with E-state index in [-0.39, 0.29) is 11.6 Å².